The normalized spacial score (nSPS) is 16.2. The maximum Gasteiger partial charge on any atom is 0.164 e. The average molecular weight is 848 g/mol. The Morgan fingerprint density at radius 1 is 0.439 bits per heavy atom. The Hall–Kier alpha value is -8.61. The van der Waals surface area contributed by atoms with Crippen molar-refractivity contribution >= 4 is 87.7 Å². The predicted molar refractivity (Wildman–Crippen MR) is 268 cm³/mol. The number of hydrogen-bond donors (Lipinski definition) is 0. The predicted octanol–water partition coefficient (Wildman–Crippen LogP) is 16.0. The third-order valence-corrected chi connectivity index (χ3v) is 13.7. The third-order valence-electron chi connectivity index (χ3n) is 13.7. The summed E-state index contributed by atoms with van der Waals surface area (Å²) in [4.78, 5) is 16.0. The third kappa shape index (κ3) is 5.64. The van der Waals surface area contributed by atoms with E-state index in [-0.39, 0.29) is 11.8 Å². The zero-order valence-electron chi connectivity index (χ0n) is 35.7. The van der Waals surface area contributed by atoms with E-state index in [0.717, 1.165) is 116 Å². The fourth-order valence-corrected chi connectivity index (χ4v) is 10.5. The standard InChI is InChI=1S/C60H37N3O3/c1-34-40-14-4-5-15-42(40)48(45-27-26-41(57-56(45)46-18-8-11-21-53(46)66-57)37-24-28-54-49(31-37)43-16-6-9-19-51(43)64-54)33-47(34)60-62-58(38-23-22-35-12-2-3-13-36(35)30-38)61-59(63-60)39-25-29-55-50(32-39)44-17-7-10-20-52(44)65-55/h2-34,40H,1H3. The highest BCUT2D eigenvalue weighted by molar-refractivity contribution is 6.17. The lowest BCUT2D eigenvalue weighted by molar-refractivity contribution is 0.598. The second-order valence-electron chi connectivity index (χ2n) is 17.5. The number of benzene rings is 8. The molecule has 0 spiro atoms. The maximum atomic E-state index is 6.89. The minimum Gasteiger partial charge on any atom is -0.456 e. The van der Waals surface area contributed by atoms with E-state index in [1.54, 1.807) is 0 Å². The summed E-state index contributed by atoms with van der Waals surface area (Å²) in [6.45, 7) is 2.29. The van der Waals surface area contributed by atoms with Crippen molar-refractivity contribution in [3.05, 3.63) is 211 Å². The number of aromatic nitrogens is 3. The molecular formula is C60H37N3O3. The molecule has 66 heavy (non-hydrogen) atoms. The van der Waals surface area contributed by atoms with Gasteiger partial charge in [0.25, 0.3) is 0 Å². The number of allylic oxidation sites excluding steroid dienone is 8. The zero-order chi connectivity index (χ0) is 43.5. The number of furan rings is 3. The minimum atomic E-state index is 0.0531. The fraction of sp³-hybridized carbons (Fsp3) is 0.0500. The molecule has 2 unspecified atom stereocenters. The molecule has 0 amide bonds. The van der Waals surface area contributed by atoms with Gasteiger partial charge in [-0.05, 0) is 106 Å². The Kier molecular flexibility index (Phi) is 7.92. The lowest BCUT2D eigenvalue weighted by Gasteiger charge is -2.32. The molecule has 2 atom stereocenters. The van der Waals surface area contributed by atoms with Crippen LogP contribution in [0.5, 0.6) is 0 Å². The van der Waals surface area contributed by atoms with Gasteiger partial charge in [-0.3, -0.25) is 0 Å². The van der Waals surface area contributed by atoms with Crippen molar-refractivity contribution in [3.63, 3.8) is 0 Å². The maximum absolute atomic E-state index is 6.89. The van der Waals surface area contributed by atoms with Crippen molar-refractivity contribution in [2.75, 3.05) is 0 Å². The average Bonchev–Trinajstić information content (AvgIpc) is 4.07. The van der Waals surface area contributed by atoms with Crippen LogP contribution in [0.1, 0.15) is 18.3 Å². The summed E-state index contributed by atoms with van der Waals surface area (Å²) in [7, 11) is 0. The first-order valence-electron chi connectivity index (χ1n) is 22.4. The van der Waals surface area contributed by atoms with Crippen LogP contribution in [-0.2, 0) is 0 Å². The number of rotatable bonds is 5. The van der Waals surface area contributed by atoms with Crippen LogP contribution in [-0.4, -0.2) is 15.0 Å². The smallest absolute Gasteiger partial charge is 0.164 e. The van der Waals surface area contributed by atoms with E-state index in [1.165, 1.54) is 5.57 Å². The van der Waals surface area contributed by atoms with Gasteiger partial charge in [-0.25, -0.2) is 15.0 Å². The van der Waals surface area contributed by atoms with Crippen LogP contribution in [0.2, 0.25) is 0 Å². The van der Waals surface area contributed by atoms with Gasteiger partial charge in [0.05, 0.1) is 0 Å². The van der Waals surface area contributed by atoms with Gasteiger partial charge in [-0.2, -0.15) is 0 Å². The molecule has 0 fully saturated rings. The molecule has 12 aromatic rings. The monoisotopic (exact) mass is 847 g/mol. The summed E-state index contributed by atoms with van der Waals surface area (Å²) in [5, 5.41) is 8.68. The topological polar surface area (TPSA) is 78.1 Å². The van der Waals surface area contributed by atoms with E-state index in [0.29, 0.717) is 17.5 Å². The summed E-state index contributed by atoms with van der Waals surface area (Å²) in [6.07, 6.45) is 11.2. The molecule has 6 heteroatoms. The number of para-hydroxylation sites is 3. The largest absolute Gasteiger partial charge is 0.456 e. The molecule has 4 heterocycles. The summed E-state index contributed by atoms with van der Waals surface area (Å²) in [6, 6.07) is 56.7. The Bertz CT molecular complexity index is 4160. The summed E-state index contributed by atoms with van der Waals surface area (Å²) in [5.41, 5.74) is 13.5. The Balaban J connectivity index is 0.987. The molecule has 0 radical (unpaired) electrons. The van der Waals surface area contributed by atoms with E-state index in [2.05, 4.69) is 159 Å². The highest BCUT2D eigenvalue weighted by Gasteiger charge is 2.33. The van der Waals surface area contributed by atoms with Gasteiger partial charge in [0.15, 0.2) is 17.5 Å². The summed E-state index contributed by atoms with van der Waals surface area (Å²) in [5.74, 6) is 2.01. The molecule has 14 rings (SSSR count). The first kappa shape index (κ1) is 36.8. The van der Waals surface area contributed by atoms with Crippen molar-refractivity contribution in [2.24, 2.45) is 11.8 Å². The molecule has 310 valence electrons. The van der Waals surface area contributed by atoms with Crippen LogP contribution >= 0.6 is 0 Å². The van der Waals surface area contributed by atoms with Crippen molar-refractivity contribution in [1.82, 2.24) is 15.0 Å². The minimum absolute atomic E-state index is 0.0531. The van der Waals surface area contributed by atoms with Crippen LogP contribution in [0.25, 0.3) is 122 Å². The number of fused-ring (bicyclic) bond motifs is 11. The lowest BCUT2D eigenvalue weighted by atomic mass is 9.72. The first-order valence-corrected chi connectivity index (χ1v) is 22.4. The molecule has 6 nitrogen and oxygen atoms in total. The van der Waals surface area contributed by atoms with E-state index in [1.807, 2.05) is 42.5 Å². The Morgan fingerprint density at radius 2 is 1.00 bits per heavy atom. The zero-order valence-corrected chi connectivity index (χ0v) is 35.7. The SMILES string of the molecule is CC1C(c2nc(-c3ccc4ccccc4c3)nc(-c3ccc4oc5ccccc5c4c3)n2)=CC(c2ccc(-c3ccc4oc5ccccc5c4c3)c3oc4ccccc4c23)=C2C=CC=CC21. The molecule has 0 saturated carbocycles. The molecule has 0 bridgehead atoms. The quantitative estimate of drug-likeness (QED) is 0.172. The van der Waals surface area contributed by atoms with Gasteiger partial charge < -0.3 is 13.3 Å². The van der Waals surface area contributed by atoms with Crippen LogP contribution in [0, 0.1) is 11.8 Å². The first-order chi connectivity index (χ1) is 32.6. The fourth-order valence-electron chi connectivity index (χ4n) is 10.5. The van der Waals surface area contributed by atoms with Gasteiger partial charge >= 0.3 is 0 Å². The number of nitrogens with zero attached hydrogens (tertiary/aromatic N) is 3. The highest BCUT2D eigenvalue weighted by atomic mass is 16.3. The second kappa shape index (κ2) is 14.2. The molecule has 0 aliphatic heterocycles. The molecule has 0 N–H and O–H groups in total. The van der Waals surface area contributed by atoms with Crippen molar-refractivity contribution in [2.45, 2.75) is 6.92 Å². The Morgan fingerprint density at radius 3 is 1.74 bits per heavy atom. The van der Waals surface area contributed by atoms with Crippen molar-refractivity contribution < 1.29 is 13.3 Å². The molecular weight excluding hydrogens is 811 g/mol. The van der Waals surface area contributed by atoms with Gasteiger partial charge in [0.1, 0.15) is 33.5 Å². The van der Waals surface area contributed by atoms with Crippen LogP contribution < -0.4 is 0 Å². The molecule has 8 aromatic carbocycles. The molecule has 4 aromatic heterocycles. The van der Waals surface area contributed by atoms with Crippen LogP contribution in [0.3, 0.4) is 0 Å². The molecule has 2 aliphatic rings. The Labute approximate surface area is 378 Å². The lowest BCUT2D eigenvalue weighted by Crippen LogP contribution is -2.21. The second-order valence-corrected chi connectivity index (χ2v) is 17.5. The molecule has 0 saturated heterocycles. The van der Waals surface area contributed by atoms with Gasteiger partial charge in [-0.15, -0.1) is 0 Å². The van der Waals surface area contributed by atoms with Gasteiger partial charge in [0, 0.05) is 60.5 Å². The van der Waals surface area contributed by atoms with E-state index in [4.69, 9.17) is 28.2 Å². The van der Waals surface area contributed by atoms with Crippen LogP contribution in [0.4, 0.5) is 0 Å². The van der Waals surface area contributed by atoms with Crippen LogP contribution in [0.15, 0.2) is 213 Å². The van der Waals surface area contributed by atoms with Crippen molar-refractivity contribution in [3.8, 4) is 33.9 Å². The number of hydrogen-bond acceptors (Lipinski definition) is 6. The van der Waals surface area contributed by atoms with Crippen molar-refractivity contribution in [1.29, 1.82) is 0 Å². The summed E-state index contributed by atoms with van der Waals surface area (Å²) < 4.78 is 19.4. The van der Waals surface area contributed by atoms with E-state index < -0.39 is 0 Å². The summed E-state index contributed by atoms with van der Waals surface area (Å²) >= 11 is 0. The van der Waals surface area contributed by atoms with E-state index >= 15 is 0 Å². The van der Waals surface area contributed by atoms with Gasteiger partial charge in [0.2, 0.25) is 0 Å². The van der Waals surface area contributed by atoms with E-state index in [9.17, 15) is 0 Å². The van der Waals surface area contributed by atoms with Gasteiger partial charge in [-0.1, -0.05) is 134 Å². The highest BCUT2D eigenvalue weighted by Crippen LogP contribution is 2.49. The molecule has 2 aliphatic carbocycles.